The molecule has 0 saturated heterocycles. The van der Waals surface area contributed by atoms with Crippen molar-refractivity contribution in [2.75, 3.05) is 11.1 Å². The average Bonchev–Trinajstić information content (AvgIpc) is 2.96. The van der Waals surface area contributed by atoms with Gasteiger partial charge in [0, 0.05) is 17.6 Å². The number of thioether (sulfide) groups is 1. The molecule has 0 saturated carbocycles. The molecular weight excluding hydrogens is 415 g/mol. The third kappa shape index (κ3) is 4.32. The minimum atomic E-state index is -0.183. The maximum absolute atomic E-state index is 12.1. The van der Waals surface area contributed by atoms with Crippen LogP contribution in [0.25, 0.3) is 11.4 Å². The number of para-hydroxylation sites is 1. The average molecular weight is 428 g/mol. The summed E-state index contributed by atoms with van der Waals surface area (Å²) in [5.41, 5.74) is 1.30. The molecule has 1 aromatic heterocycles. The Morgan fingerprint density at radius 3 is 2.62 bits per heavy atom. The van der Waals surface area contributed by atoms with Crippen LogP contribution in [0.15, 0.2) is 47.6 Å². The van der Waals surface area contributed by atoms with Crippen molar-refractivity contribution in [1.29, 1.82) is 0 Å². The standard InChI is InChI=1S/C17H13Cl3N4OS/c1-24-16(11-7-6-10(18)8-13(11)20)22-23-17(24)26-9-15(25)21-14-5-3-2-4-12(14)19/h2-8H,9H2,1H3,(H,21,25). The largest absolute Gasteiger partial charge is 0.324 e. The fourth-order valence-corrected chi connectivity index (χ4v) is 3.61. The molecular formula is C17H13Cl3N4OS. The SMILES string of the molecule is Cn1c(SCC(=O)Nc2ccccc2Cl)nnc1-c1ccc(Cl)cc1Cl. The summed E-state index contributed by atoms with van der Waals surface area (Å²) in [6, 6.07) is 12.2. The van der Waals surface area contributed by atoms with Gasteiger partial charge in [-0.25, -0.2) is 0 Å². The van der Waals surface area contributed by atoms with Crippen LogP contribution in [0, 0.1) is 0 Å². The van der Waals surface area contributed by atoms with E-state index in [0.29, 0.717) is 31.7 Å². The van der Waals surface area contributed by atoms with Gasteiger partial charge in [-0.1, -0.05) is 58.7 Å². The molecule has 0 aliphatic heterocycles. The normalized spacial score (nSPS) is 10.8. The molecule has 0 fully saturated rings. The lowest BCUT2D eigenvalue weighted by Gasteiger charge is -2.07. The van der Waals surface area contributed by atoms with Gasteiger partial charge in [0.2, 0.25) is 5.91 Å². The first kappa shape index (κ1) is 19.0. The first-order chi connectivity index (χ1) is 12.5. The number of nitrogens with zero attached hydrogens (tertiary/aromatic N) is 3. The molecule has 0 aliphatic rings. The van der Waals surface area contributed by atoms with E-state index in [4.69, 9.17) is 34.8 Å². The van der Waals surface area contributed by atoms with E-state index in [1.54, 1.807) is 47.0 Å². The molecule has 3 rings (SSSR count). The topological polar surface area (TPSA) is 59.8 Å². The Balaban J connectivity index is 1.69. The van der Waals surface area contributed by atoms with Gasteiger partial charge in [0.05, 0.1) is 21.5 Å². The van der Waals surface area contributed by atoms with E-state index in [9.17, 15) is 4.79 Å². The van der Waals surface area contributed by atoms with E-state index in [0.717, 1.165) is 5.56 Å². The predicted molar refractivity (Wildman–Crippen MR) is 107 cm³/mol. The summed E-state index contributed by atoms with van der Waals surface area (Å²) in [4.78, 5) is 12.1. The van der Waals surface area contributed by atoms with Crippen molar-refractivity contribution >= 4 is 58.2 Å². The number of carbonyl (C=O) groups excluding carboxylic acids is 1. The third-order valence-corrected chi connectivity index (χ3v) is 5.38. The molecule has 0 bridgehead atoms. The molecule has 1 N–H and O–H groups in total. The van der Waals surface area contributed by atoms with Gasteiger partial charge in [0.15, 0.2) is 11.0 Å². The minimum Gasteiger partial charge on any atom is -0.324 e. The second-order valence-electron chi connectivity index (χ2n) is 5.31. The summed E-state index contributed by atoms with van der Waals surface area (Å²) in [7, 11) is 1.81. The van der Waals surface area contributed by atoms with Crippen molar-refractivity contribution in [3.63, 3.8) is 0 Å². The summed E-state index contributed by atoms with van der Waals surface area (Å²) in [6.45, 7) is 0. The molecule has 1 amide bonds. The van der Waals surface area contributed by atoms with E-state index in [2.05, 4.69) is 15.5 Å². The number of halogens is 3. The summed E-state index contributed by atoms with van der Waals surface area (Å²) in [6.07, 6.45) is 0. The number of nitrogens with one attached hydrogen (secondary N) is 1. The number of anilines is 1. The summed E-state index contributed by atoms with van der Waals surface area (Å²) in [5.74, 6) is 0.587. The quantitative estimate of drug-likeness (QED) is 0.570. The summed E-state index contributed by atoms with van der Waals surface area (Å²) >= 11 is 19.5. The van der Waals surface area contributed by atoms with Crippen LogP contribution in [-0.4, -0.2) is 26.4 Å². The fourth-order valence-electron chi connectivity index (χ4n) is 2.22. The highest BCUT2D eigenvalue weighted by atomic mass is 35.5. The van der Waals surface area contributed by atoms with E-state index in [1.165, 1.54) is 11.8 Å². The van der Waals surface area contributed by atoms with Crippen molar-refractivity contribution in [3.8, 4) is 11.4 Å². The van der Waals surface area contributed by atoms with Crippen molar-refractivity contribution in [2.24, 2.45) is 7.05 Å². The molecule has 0 spiro atoms. The number of rotatable bonds is 5. The van der Waals surface area contributed by atoms with E-state index in [1.807, 2.05) is 7.05 Å². The van der Waals surface area contributed by atoms with Crippen LogP contribution in [0.3, 0.4) is 0 Å². The van der Waals surface area contributed by atoms with Crippen LogP contribution >= 0.6 is 46.6 Å². The number of hydrogen-bond acceptors (Lipinski definition) is 4. The first-order valence-electron chi connectivity index (χ1n) is 7.47. The maximum Gasteiger partial charge on any atom is 0.234 e. The Morgan fingerprint density at radius 1 is 1.12 bits per heavy atom. The highest BCUT2D eigenvalue weighted by Crippen LogP contribution is 2.30. The summed E-state index contributed by atoms with van der Waals surface area (Å²) in [5, 5.41) is 13.2. The van der Waals surface area contributed by atoms with Gasteiger partial charge in [-0.3, -0.25) is 4.79 Å². The Labute approximate surface area is 169 Å². The number of amides is 1. The zero-order valence-electron chi connectivity index (χ0n) is 13.5. The van der Waals surface area contributed by atoms with Gasteiger partial charge >= 0.3 is 0 Å². The zero-order valence-corrected chi connectivity index (χ0v) is 16.6. The van der Waals surface area contributed by atoms with Crippen molar-refractivity contribution in [1.82, 2.24) is 14.8 Å². The Bertz CT molecular complexity index is 961. The lowest BCUT2D eigenvalue weighted by atomic mass is 10.2. The molecule has 9 heteroatoms. The van der Waals surface area contributed by atoms with Crippen LogP contribution in [-0.2, 0) is 11.8 Å². The monoisotopic (exact) mass is 426 g/mol. The Morgan fingerprint density at radius 2 is 1.88 bits per heavy atom. The summed E-state index contributed by atoms with van der Waals surface area (Å²) < 4.78 is 1.78. The van der Waals surface area contributed by atoms with Gasteiger partial charge in [0.1, 0.15) is 0 Å². The van der Waals surface area contributed by atoms with Crippen molar-refractivity contribution in [3.05, 3.63) is 57.5 Å². The number of aromatic nitrogens is 3. The Hall–Kier alpha value is -1.73. The molecule has 134 valence electrons. The van der Waals surface area contributed by atoms with E-state index < -0.39 is 0 Å². The highest BCUT2D eigenvalue weighted by molar-refractivity contribution is 7.99. The van der Waals surface area contributed by atoms with E-state index in [-0.39, 0.29) is 11.7 Å². The van der Waals surface area contributed by atoms with Crippen LogP contribution < -0.4 is 5.32 Å². The molecule has 3 aromatic rings. The van der Waals surface area contributed by atoms with Crippen LogP contribution in [0.2, 0.25) is 15.1 Å². The molecule has 5 nitrogen and oxygen atoms in total. The Kier molecular flexibility index (Phi) is 6.09. The molecule has 26 heavy (non-hydrogen) atoms. The van der Waals surface area contributed by atoms with Crippen LogP contribution in [0.5, 0.6) is 0 Å². The second kappa shape index (κ2) is 8.31. The molecule has 0 radical (unpaired) electrons. The molecule has 2 aromatic carbocycles. The van der Waals surface area contributed by atoms with Crippen molar-refractivity contribution < 1.29 is 4.79 Å². The highest BCUT2D eigenvalue weighted by Gasteiger charge is 2.15. The second-order valence-corrected chi connectivity index (χ2v) is 7.50. The van der Waals surface area contributed by atoms with Gasteiger partial charge in [-0.05, 0) is 30.3 Å². The van der Waals surface area contributed by atoms with Crippen molar-refractivity contribution in [2.45, 2.75) is 5.16 Å². The molecule has 1 heterocycles. The number of benzene rings is 2. The lowest BCUT2D eigenvalue weighted by molar-refractivity contribution is -0.113. The van der Waals surface area contributed by atoms with Crippen LogP contribution in [0.1, 0.15) is 0 Å². The zero-order chi connectivity index (χ0) is 18.7. The fraction of sp³-hybridized carbons (Fsp3) is 0.118. The predicted octanol–water partition coefficient (Wildman–Crippen LogP) is 5.17. The van der Waals surface area contributed by atoms with Gasteiger partial charge in [-0.2, -0.15) is 0 Å². The van der Waals surface area contributed by atoms with Gasteiger partial charge < -0.3 is 9.88 Å². The maximum atomic E-state index is 12.1. The van der Waals surface area contributed by atoms with Gasteiger partial charge in [0.25, 0.3) is 0 Å². The minimum absolute atomic E-state index is 0.172. The van der Waals surface area contributed by atoms with E-state index >= 15 is 0 Å². The third-order valence-electron chi connectivity index (χ3n) is 3.49. The number of carbonyl (C=O) groups is 1. The lowest BCUT2D eigenvalue weighted by Crippen LogP contribution is -2.14. The molecule has 0 unspecified atom stereocenters. The smallest absolute Gasteiger partial charge is 0.234 e. The van der Waals surface area contributed by atoms with Gasteiger partial charge in [-0.15, -0.1) is 10.2 Å². The molecule has 0 atom stereocenters. The first-order valence-corrected chi connectivity index (χ1v) is 9.59. The number of hydrogen-bond donors (Lipinski definition) is 1. The molecule has 0 aliphatic carbocycles. The van der Waals surface area contributed by atoms with Crippen LogP contribution in [0.4, 0.5) is 5.69 Å².